The molecule has 2 aromatic rings. The van der Waals surface area contributed by atoms with Crippen molar-refractivity contribution >= 4 is 29.4 Å². The number of rotatable bonds is 4. The minimum Gasteiger partial charge on any atom is -0.306 e. The number of nitrogens with one attached hydrogen (secondary N) is 1. The van der Waals surface area contributed by atoms with Crippen molar-refractivity contribution in [3.05, 3.63) is 45.7 Å². The molecule has 1 aromatic carbocycles. The Morgan fingerprint density at radius 2 is 2.04 bits per heavy atom. The second-order valence-electron chi connectivity index (χ2n) is 5.91. The van der Waals surface area contributed by atoms with Gasteiger partial charge in [-0.3, -0.25) is 4.90 Å². The summed E-state index contributed by atoms with van der Waals surface area (Å²) in [6.07, 6.45) is 5.00. The number of halogens is 2. The highest BCUT2D eigenvalue weighted by Crippen LogP contribution is 2.25. The molecule has 1 N–H and O–H groups in total. The van der Waals surface area contributed by atoms with Crippen LogP contribution in [0.5, 0.6) is 0 Å². The molecule has 0 unspecified atom stereocenters. The summed E-state index contributed by atoms with van der Waals surface area (Å²) in [5, 5.41) is 22.0. The SMILES string of the molecule is N#CC1CCN(Cc2cn(-c3ccc(Cl)c(Cl)c3)nc2C=N)CC1. The third kappa shape index (κ3) is 3.62. The molecular formula is C17H17Cl2N5. The van der Waals surface area contributed by atoms with Crippen molar-refractivity contribution in [1.29, 1.82) is 10.7 Å². The number of aromatic nitrogens is 2. The molecule has 1 aliphatic heterocycles. The molecule has 3 rings (SSSR count). The van der Waals surface area contributed by atoms with Crippen LogP contribution in [0.2, 0.25) is 10.0 Å². The van der Waals surface area contributed by atoms with Gasteiger partial charge < -0.3 is 5.41 Å². The summed E-state index contributed by atoms with van der Waals surface area (Å²) in [6, 6.07) is 7.68. The fourth-order valence-corrected chi connectivity index (χ4v) is 3.18. The van der Waals surface area contributed by atoms with Gasteiger partial charge in [-0.15, -0.1) is 0 Å². The van der Waals surface area contributed by atoms with Gasteiger partial charge in [0.15, 0.2) is 0 Å². The van der Waals surface area contributed by atoms with E-state index in [1.165, 1.54) is 6.21 Å². The minimum atomic E-state index is 0.169. The zero-order chi connectivity index (χ0) is 17.1. The monoisotopic (exact) mass is 361 g/mol. The molecule has 1 aromatic heterocycles. The molecule has 0 atom stereocenters. The van der Waals surface area contributed by atoms with Gasteiger partial charge >= 0.3 is 0 Å². The fourth-order valence-electron chi connectivity index (χ4n) is 2.89. The van der Waals surface area contributed by atoms with Crippen LogP contribution < -0.4 is 0 Å². The van der Waals surface area contributed by atoms with Gasteiger partial charge in [-0.2, -0.15) is 10.4 Å². The van der Waals surface area contributed by atoms with E-state index >= 15 is 0 Å². The van der Waals surface area contributed by atoms with E-state index in [0.29, 0.717) is 15.7 Å². The van der Waals surface area contributed by atoms with E-state index in [1.54, 1.807) is 16.8 Å². The zero-order valence-electron chi connectivity index (χ0n) is 13.0. The molecule has 5 nitrogen and oxygen atoms in total. The molecule has 0 bridgehead atoms. The molecule has 1 fully saturated rings. The van der Waals surface area contributed by atoms with Crippen molar-refractivity contribution in [2.45, 2.75) is 19.4 Å². The van der Waals surface area contributed by atoms with Gasteiger partial charge in [-0.25, -0.2) is 4.68 Å². The van der Waals surface area contributed by atoms with Crippen molar-refractivity contribution in [2.75, 3.05) is 13.1 Å². The first kappa shape index (κ1) is 17.0. The number of hydrogen-bond acceptors (Lipinski definition) is 4. The van der Waals surface area contributed by atoms with E-state index in [4.69, 9.17) is 33.9 Å². The summed E-state index contributed by atoms with van der Waals surface area (Å²) in [4.78, 5) is 2.30. The molecule has 7 heteroatoms. The van der Waals surface area contributed by atoms with Gasteiger partial charge in [0.25, 0.3) is 0 Å². The molecule has 1 saturated heterocycles. The van der Waals surface area contributed by atoms with Crippen molar-refractivity contribution in [1.82, 2.24) is 14.7 Å². The van der Waals surface area contributed by atoms with Gasteiger partial charge in [-0.05, 0) is 44.1 Å². The quantitative estimate of drug-likeness (QED) is 0.839. The summed E-state index contributed by atoms with van der Waals surface area (Å²) in [7, 11) is 0. The third-order valence-corrected chi connectivity index (χ3v) is 5.03. The number of nitrogens with zero attached hydrogens (tertiary/aromatic N) is 4. The normalized spacial score (nSPS) is 16.0. The molecule has 124 valence electrons. The average molecular weight is 362 g/mol. The highest BCUT2D eigenvalue weighted by molar-refractivity contribution is 6.42. The van der Waals surface area contributed by atoms with E-state index in [9.17, 15) is 0 Å². The Hall–Kier alpha value is -1.87. The Balaban J connectivity index is 1.79. The molecule has 0 saturated carbocycles. The maximum atomic E-state index is 8.99. The van der Waals surface area contributed by atoms with Crippen LogP contribution in [0.4, 0.5) is 0 Å². The number of likely N-dealkylation sites (tertiary alicyclic amines) is 1. The molecule has 1 aliphatic rings. The predicted molar refractivity (Wildman–Crippen MR) is 95.1 cm³/mol. The number of nitriles is 1. The third-order valence-electron chi connectivity index (χ3n) is 4.29. The Bertz CT molecular complexity index is 785. The maximum absolute atomic E-state index is 8.99. The highest BCUT2D eigenvalue weighted by Gasteiger charge is 2.20. The average Bonchev–Trinajstić information content (AvgIpc) is 3.01. The molecule has 0 radical (unpaired) electrons. The summed E-state index contributed by atoms with van der Waals surface area (Å²) >= 11 is 12.0. The number of hydrogen-bond donors (Lipinski definition) is 1. The van der Waals surface area contributed by atoms with E-state index in [-0.39, 0.29) is 5.92 Å². The van der Waals surface area contributed by atoms with E-state index in [2.05, 4.69) is 16.1 Å². The topological polar surface area (TPSA) is 68.7 Å². The Labute approximate surface area is 150 Å². The van der Waals surface area contributed by atoms with Gasteiger partial charge in [0.2, 0.25) is 0 Å². The summed E-state index contributed by atoms with van der Waals surface area (Å²) < 4.78 is 1.72. The van der Waals surface area contributed by atoms with Gasteiger partial charge in [-0.1, -0.05) is 23.2 Å². The van der Waals surface area contributed by atoms with Crippen LogP contribution in [0.25, 0.3) is 5.69 Å². The fraction of sp³-hybridized carbons (Fsp3) is 0.353. The zero-order valence-corrected chi connectivity index (χ0v) is 14.6. The van der Waals surface area contributed by atoms with Gasteiger partial charge in [0.05, 0.1) is 21.8 Å². The standard InChI is InChI=1S/C17H17Cl2N5/c18-15-2-1-14(7-16(15)19)24-11-13(17(9-21)22-24)10-23-5-3-12(8-20)4-6-23/h1-2,7,9,11-12,21H,3-6,10H2. The van der Waals surface area contributed by atoms with E-state index < -0.39 is 0 Å². The van der Waals surface area contributed by atoms with Crippen LogP contribution in [0.15, 0.2) is 24.4 Å². The first-order valence-electron chi connectivity index (χ1n) is 7.77. The summed E-state index contributed by atoms with van der Waals surface area (Å²) in [5.74, 6) is 0.169. The molecule has 0 aliphatic carbocycles. The minimum absolute atomic E-state index is 0.169. The van der Waals surface area contributed by atoms with Crippen LogP contribution in [-0.4, -0.2) is 34.0 Å². The van der Waals surface area contributed by atoms with E-state index in [1.807, 2.05) is 12.3 Å². The van der Waals surface area contributed by atoms with Crippen LogP contribution in [0, 0.1) is 22.7 Å². The molecule has 0 spiro atoms. The molecule has 2 heterocycles. The second-order valence-corrected chi connectivity index (χ2v) is 6.72. The highest BCUT2D eigenvalue weighted by atomic mass is 35.5. The first-order valence-corrected chi connectivity index (χ1v) is 8.52. The second kappa shape index (κ2) is 7.35. The van der Waals surface area contributed by atoms with Crippen molar-refractivity contribution in [2.24, 2.45) is 5.92 Å². The van der Waals surface area contributed by atoms with Crippen molar-refractivity contribution in [3.63, 3.8) is 0 Å². The van der Waals surface area contributed by atoms with Crippen LogP contribution in [0.3, 0.4) is 0 Å². The van der Waals surface area contributed by atoms with Crippen molar-refractivity contribution < 1.29 is 0 Å². The number of benzene rings is 1. The van der Waals surface area contributed by atoms with E-state index in [0.717, 1.165) is 43.7 Å². The predicted octanol–water partition coefficient (Wildman–Crippen LogP) is 3.91. The molecular weight excluding hydrogens is 345 g/mol. The lowest BCUT2D eigenvalue weighted by Crippen LogP contribution is -2.32. The molecule has 24 heavy (non-hydrogen) atoms. The first-order chi connectivity index (χ1) is 11.6. The Morgan fingerprint density at radius 3 is 2.67 bits per heavy atom. The van der Waals surface area contributed by atoms with Gasteiger partial charge in [0.1, 0.15) is 5.69 Å². The van der Waals surface area contributed by atoms with Crippen LogP contribution in [0.1, 0.15) is 24.1 Å². The van der Waals surface area contributed by atoms with Crippen LogP contribution in [-0.2, 0) is 6.54 Å². The lowest BCUT2D eigenvalue weighted by atomic mass is 9.98. The summed E-state index contributed by atoms with van der Waals surface area (Å²) in [5.41, 5.74) is 2.44. The van der Waals surface area contributed by atoms with Crippen LogP contribution >= 0.6 is 23.2 Å². The Kier molecular flexibility index (Phi) is 5.20. The lowest BCUT2D eigenvalue weighted by Gasteiger charge is -2.28. The molecule has 0 amide bonds. The lowest BCUT2D eigenvalue weighted by molar-refractivity contribution is 0.198. The summed E-state index contributed by atoms with van der Waals surface area (Å²) in [6.45, 7) is 2.52. The van der Waals surface area contributed by atoms with Crippen molar-refractivity contribution in [3.8, 4) is 11.8 Å². The smallest absolute Gasteiger partial charge is 0.108 e. The maximum Gasteiger partial charge on any atom is 0.108 e. The van der Waals surface area contributed by atoms with Gasteiger partial charge in [0, 0.05) is 30.4 Å². The largest absolute Gasteiger partial charge is 0.306 e. The number of piperidine rings is 1. The Morgan fingerprint density at radius 1 is 1.29 bits per heavy atom.